The Bertz CT molecular complexity index is 341. The third-order valence-corrected chi connectivity index (χ3v) is 5.34. The van der Waals surface area contributed by atoms with Crippen LogP contribution in [0.3, 0.4) is 0 Å². The largest absolute Gasteiger partial charge is 0.463 e. The monoisotopic (exact) mass is 248 g/mol. The molecule has 0 spiro atoms. The summed E-state index contributed by atoms with van der Waals surface area (Å²) in [6.45, 7) is 4.27. The fourth-order valence-electron chi connectivity index (χ4n) is 4.84. The second kappa shape index (κ2) is 4.71. The van der Waals surface area contributed by atoms with Crippen LogP contribution in [0, 0.1) is 29.6 Å². The summed E-state index contributed by atoms with van der Waals surface area (Å²) in [5.41, 5.74) is 0.828. The Morgan fingerprint density at radius 3 is 2.17 bits per heavy atom. The Morgan fingerprint density at radius 1 is 1.11 bits per heavy atom. The number of rotatable bonds is 3. The first-order chi connectivity index (χ1) is 8.67. The molecule has 0 aromatic heterocycles. The predicted octanol–water partition coefficient (Wildman–Crippen LogP) is 3.57. The Kier molecular flexibility index (Phi) is 3.21. The number of carbonyl (C=O) groups excluding carboxylic acids is 1. The molecule has 18 heavy (non-hydrogen) atoms. The average molecular weight is 248 g/mol. The van der Waals surface area contributed by atoms with E-state index in [2.05, 4.69) is 6.08 Å². The lowest BCUT2D eigenvalue weighted by Crippen LogP contribution is -2.44. The maximum atomic E-state index is 11.7. The van der Waals surface area contributed by atoms with E-state index in [0.29, 0.717) is 12.5 Å². The minimum Gasteiger partial charge on any atom is -0.463 e. The quantitative estimate of drug-likeness (QED) is 0.564. The number of ether oxygens (including phenoxy) is 1. The molecule has 0 aromatic rings. The third kappa shape index (κ3) is 2.10. The summed E-state index contributed by atoms with van der Waals surface area (Å²) in [5.74, 6) is 4.24. The Labute approximate surface area is 110 Å². The van der Waals surface area contributed by atoms with Gasteiger partial charge in [0.05, 0.1) is 6.61 Å². The van der Waals surface area contributed by atoms with Gasteiger partial charge in [0.15, 0.2) is 0 Å². The molecule has 0 unspecified atom stereocenters. The van der Waals surface area contributed by atoms with Crippen LogP contribution in [0.15, 0.2) is 11.6 Å². The molecule has 0 radical (unpaired) electrons. The van der Waals surface area contributed by atoms with Crippen molar-refractivity contribution in [1.82, 2.24) is 0 Å². The molecule has 0 aromatic carbocycles. The molecule has 4 fully saturated rings. The van der Waals surface area contributed by atoms with Gasteiger partial charge in [-0.3, -0.25) is 0 Å². The maximum Gasteiger partial charge on any atom is 0.333 e. The van der Waals surface area contributed by atoms with Crippen LogP contribution >= 0.6 is 0 Å². The molecule has 4 aliphatic carbocycles. The van der Waals surface area contributed by atoms with Gasteiger partial charge in [0.25, 0.3) is 0 Å². The normalized spacial score (nSPS) is 42.1. The number of hydrogen-bond donors (Lipinski definition) is 0. The van der Waals surface area contributed by atoms with Gasteiger partial charge in [-0.2, -0.15) is 0 Å². The highest BCUT2D eigenvalue weighted by Crippen LogP contribution is 2.57. The van der Waals surface area contributed by atoms with Crippen molar-refractivity contribution in [2.24, 2.45) is 29.6 Å². The van der Waals surface area contributed by atoms with Crippen LogP contribution in [0.4, 0.5) is 0 Å². The molecule has 100 valence electrons. The number of esters is 1. The highest BCUT2D eigenvalue weighted by atomic mass is 16.5. The molecule has 0 amide bonds. The molecule has 0 heterocycles. The van der Waals surface area contributed by atoms with Crippen LogP contribution in [0.1, 0.15) is 46.0 Å². The van der Waals surface area contributed by atoms with Crippen LogP contribution in [0.2, 0.25) is 0 Å². The topological polar surface area (TPSA) is 26.3 Å². The molecule has 0 atom stereocenters. The zero-order chi connectivity index (χ0) is 12.7. The lowest BCUT2D eigenvalue weighted by Gasteiger charge is -2.53. The van der Waals surface area contributed by atoms with Gasteiger partial charge >= 0.3 is 5.97 Å². The second-order valence-corrected chi connectivity index (χ2v) is 6.58. The third-order valence-electron chi connectivity index (χ3n) is 5.34. The summed E-state index contributed by atoms with van der Waals surface area (Å²) in [5, 5.41) is 0. The first-order valence-electron chi connectivity index (χ1n) is 7.53. The van der Waals surface area contributed by atoms with Crippen molar-refractivity contribution in [1.29, 1.82) is 0 Å². The van der Waals surface area contributed by atoms with E-state index in [9.17, 15) is 4.79 Å². The highest BCUT2D eigenvalue weighted by molar-refractivity contribution is 5.87. The maximum absolute atomic E-state index is 11.7. The van der Waals surface area contributed by atoms with Gasteiger partial charge in [-0.1, -0.05) is 6.08 Å². The van der Waals surface area contributed by atoms with E-state index in [0.717, 1.165) is 29.2 Å². The summed E-state index contributed by atoms with van der Waals surface area (Å²) in [6.07, 6.45) is 9.36. The van der Waals surface area contributed by atoms with Crippen molar-refractivity contribution >= 4 is 5.97 Å². The standard InChI is InChI=1S/C16H24O2/c1-3-18-16(17)10(2)4-15-13-6-11-5-12(8-13)9-14(15)7-11/h4,11-15H,3,5-9H2,1-2H3/b10-4+. The molecule has 2 heteroatoms. The summed E-state index contributed by atoms with van der Waals surface area (Å²) < 4.78 is 5.09. The minimum absolute atomic E-state index is 0.119. The Hall–Kier alpha value is -0.790. The molecule has 4 aliphatic rings. The Balaban J connectivity index is 1.73. The lowest BCUT2D eigenvalue weighted by atomic mass is 9.52. The number of allylic oxidation sites excluding steroid dienone is 1. The molecule has 0 N–H and O–H groups in total. The first kappa shape index (κ1) is 12.3. The van der Waals surface area contributed by atoms with Crippen LogP contribution in [-0.2, 0) is 9.53 Å². The van der Waals surface area contributed by atoms with E-state index < -0.39 is 0 Å². The van der Waals surface area contributed by atoms with Gasteiger partial charge in [-0.25, -0.2) is 4.79 Å². The molecular formula is C16H24O2. The van der Waals surface area contributed by atoms with Crippen LogP contribution in [0.5, 0.6) is 0 Å². The number of carbonyl (C=O) groups is 1. The van der Waals surface area contributed by atoms with E-state index in [1.54, 1.807) is 0 Å². The van der Waals surface area contributed by atoms with Crippen molar-refractivity contribution < 1.29 is 9.53 Å². The fourth-order valence-corrected chi connectivity index (χ4v) is 4.84. The molecule has 0 saturated heterocycles. The van der Waals surface area contributed by atoms with E-state index in [-0.39, 0.29) is 5.97 Å². The minimum atomic E-state index is -0.119. The van der Waals surface area contributed by atoms with E-state index in [4.69, 9.17) is 4.74 Å². The Morgan fingerprint density at radius 2 is 1.67 bits per heavy atom. The molecule has 2 nitrogen and oxygen atoms in total. The molecule has 4 saturated carbocycles. The summed E-state index contributed by atoms with van der Waals surface area (Å²) in [6, 6.07) is 0. The fraction of sp³-hybridized carbons (Fsp3) is 0.812. The number of hydrogen-bond acceptors (Lipinski definition) is 2. The molecule has 0 aliphatic heterocycles. The van der Waals surface area contributed by atoms with Crippen molar-refractivity contribution in [3.63, 3.8) is 0 Å². The van der Waals surface area contributed by atoms with Crippen LogP contribution in [-0.4, -0.2) is 12.6 Å². The summed E-state index contributed by atoms with van der Waals surface area (Å²) in [7, 11) is 0. The zero-order valence-electron chi connectivity index (χ0n) is 11.5. The first-order valence-corrected chi connectivity index (χ1v) is 7.53. The predicted molar refractivity (Wildman–Crippen MR) is 70.9 cm³/mol. The van der Waals surface area contributed by atoms with Crippen molar-refractivity contribution in [2.45, 2.75) is 46.0 Å². The van der Waals surface area contributed by atoms with Gasteiger partial charge in [0.1, 0.15) is 0 Å². The zero-order valence-corrected chi connectivity index (χ0v) is 11.5. The van der Waals surface area contributed by atoms with Crippen molar-refractivity contribution in [3.8, 4) is 0 Å². The van der Waals surface area contributed by atoms with Gasteiger partial charge in [-0.15, -0.1) is 0 Å². The van der Waals surface area contributed by atoms with Gasteiger partial charge < -0.3 is 4.74 Å². The van der Waals surface area contributed by atoms with E-state index in [1.807, 2.05) is 13.8 Å². The smallest absolute Gasteiger partial charge is 0.333 e. The summed E-state index contributed by atoms with van der Waals surface area (Å²) in [4.78, 5) is 11.7. The van der Waals surface area contributed by atoms with Crippen molar-refractivity contribution in [2.75, 3.05) is 6.61 Å². The SMILES string of the molecule is CCOC(=O)/C(C)=C/C1C2CC3CC(C2)CC1C3. The van der Waals surface area contributed by atoms with Crippen LogP contribution < -0.4 is 0 Å². The molecule has 4 rings (SSSR count). The lowest BCUT2D eigenvalue weighted by molar-refractivity contribution is -0.138. The second-order valence-electron chi connectivity index (χ2n) is 6.58. The highest BCUT2D eigenvalue weighted by Gasteiger charge is 2.47. The van der Waals surface area contributed by atoms with E-state index in [1.165, 1.54) is 32.1 Å². The van der Waals surface area contributed by atoms with E-state index >= 15 is 0 Å². The summed E-state index contributed by atoms with van der Waals surface area (Å²) >= 11 is 0. The van der Waals surface area contributed by atoms with Gasteiger partial charge in [0, 0.05) is 5.57 Å². The van der Waals surface area contributed by atoms with Crippen LogP contribution in [0.25, 0.3) is 0 Å². The average Bonchev–Trinajstić information content (AvgIpc) is 2.33. The molecular weight excluding hydrogens is 224 g/mol. The van der Waals surface area contributed by atoms with Gasteiger partial charge in [-0.05, 0) is 75.5 Å². The molecule has 4 bridgehead atoms. The van der Waals surface area contributed by atoms with Crippen molar-refractivity contribution in [3.05, 3.63) is 11.6 Å². The van der Waals surface area contributed by atoms with Gasteiger partial charge in [0.2, 0.25) is 0 Å².